The fourth-order valence-electron chi connectivity index (χ4n) is 3.74. The Morgan fingerprint density at radius 2 is 1.85 bits per heavy atom. The molecule has 2 heterocycles. The van der Waals surface area contributed by atoms with Crippen molar-refractivity contribution in [1.29, 1.82) is 0 Å². The summed E-state index contributed by atoms with van der Waals surface area (Å²) in [5.74, 6) is 0.943. The number of hydrogen-bond acceptors (Lipinski definition) is 5. The molecule has 9 heteroatoms. The van der Waals surface area contributed by atoms with Crippen LogP contribution in [0.15, 0.2) is 71.9 Å². The van der Waals surface area contributed by atoms with Gasteiger partial charge in [-0.1, -0.05) is 53.7 Å². The number of methoxy groups -OCH3 is 1. The Morgan fingerprint density at radius 3 is 2.64 bits per heavy atom. The molecule has 5 aromatic rings. The van der Waals surface area contributed by atoms with E-state index in [2.05, 4.69) is 10.2 Å². The van der Waals surface area contributed by atoms with Crippen LogP contribution < -0.4 is 4.74 Å². The molecule has 0 aliphatic carbocycles. The summed E-state index contributed by atoms with van der Waals surface area (Å²) in [7, 11) is 1.57. The molecule has 0 aliphatic heterocycles. The summed E-state index contributed by atoms with van der Waals surface area (Å²) >= 11 is 7.57. The van der Waals surface area contributed by atoms with Gasteiger partial charge in [-0.25, -0.2) is 4.39 Å². The Kier molecular flexibility index (Phi) is 5.78. The summed E-state index contributed by atoms with van der Waals surface area (Å²) in [6, 6.07) is 19.4. The van der Waals surface area contributed by atoms with E-state index in [0.717, 1.165) is 11.0 Å². The first-order valence-corrected chi connectivity index (χ1v) is 11.5. The van der Waals surface area contributed by atoms with Crippen LogP contribution in [0.5, 0.6) is 5.75 Å². The number of para-hydroxylation sites is 2. The van der Waals surface area contributed by atoms with E-state index in [-0.39, 0.29) is 23.9 Å². The number of Topliss-reactive ketones (excluding diaryl/α,β-unsaturated/α-hetero) is 1. The van der Waals surface area contributed by atoms with E-state index in [1.54, 1.807) is 43.5 Å². The van der Waals surface area contributed by atoms with Crippen molar-refractivity contribution in [3.8, 4) is 5.75 Å². The van der Waals surface area contributed by atoms with Gasteiger partial charge in [0.05, 0.1) is 30.4 Å². The van der Waals surface area contributed by atoms with Crippen LogP contribution in [0, 0.1) is 5.82 Å². The summed E-state index contributed by atoms with van der Waals surface area (Å²) in [5, 5.41) is 9.58. The Morgan fingerprint density at radius 1 is 1.06 bits per heavy atom. The number of aromatic nitrogens is 4. The molecule has 0 unspecified atom stereocenters. The molecular weight excluding hydrogens is 463 g/mol. The van der Waals surface area contributed by atoms with Gasteiger partial charge in [0.2, 0.25) is 5.78 Å². The zero-order chi connectivity index (χ0) is 22.9. The number of halogens is 2. The second-order valence-corrected chi connectivity index (χ2v) is 8.69. The van der Waals surface area contributed by atoms with Crippen molar-refractivity contribution in [1.82, 2.24) is 19.2 Å². The first kappa shape index (κ1) is 21.5. The third-order valence-corrected chi connectivity index (χ3v) is 6.66. The third kappa shape index (κ3) is 3.96. The average molecular weight is 481 g/mol. The monoisotopic (exact) mass is 480 g/mol. The van der Waals surface area contributed by atoms with Crippen molar-refractivity contribution in [2.75, 3.05) is 12.9 Å². The minimum Gasteiger partial charge on any atom is -0.497 e. The third-order valence-electron chi connectivity index (χ3n) is 5.37. The average Bonchev–Trinajstić information content (AvgIpc) is 3.39. The number of benzene rings is 3. The topological polar surface area (TPSA) is 61.4 Å². The van der Waals surface area contributed by atoms with E-state index in [1.165, 1.54) is 17.8 Å². The smallest absolute Gasteiger partial charge is 0.237 e. The van der Waals surface area contributed by atoms with Gasteiger partial charge in [0, 0.05) is 16.1 Å². The number of nitrogens with zero attached hydrogens (tertiary/aromatic N) is 4. The zero-order valence-corrected chi connectivity index (χ0v) is 19.1. The highest BCUT2D eigenvalue weighted by molar-refractivity contribution is 7.99. The molecule has 3 aromatic carbocycles. The van der Waals surface area contributed by atoms with E-state index in [9.17, 15) is 9.18 Å². The van der Waals surface area contributed by atoms with Crippen LogP contribution in [0.2, 0.25) is 5.02 Å². The number of carbonyl (C=O) groups is 1. The van der Waals surface area contributed by atoms with Crippen LogP contribution >= 0.6 is 23.4 Å². The number of carbonyl (C=O) groups excluding carboxylic acids is 1. The lowest BCUT2D eigenvalue weighted by Crippen LogP contribution is -2.03. The largest absolute Gasteiger partial charge is 0.497 e. The molecular formula is C24H18ClFN4O2S. The van der Waals surface area contributed by atoms with Crippen LogP contribution in [0.4, 0.5) is 4.39 Å². The lowest BCUT2D eigenvalue weighted by atomic mass is 10.1. The van der Waals surface area contributed by atoms with Crippen molar-refractivity contribution in [2.24, 2.45) is 0 Å². The van der Waals surface area contributed by atoms with Gasteiger partial charge in [-0.15, -0.1) is 10.2 Å². The SMILES string of the molecule is COc1cccc(C(=O)CSc2nnc3n(Cc4c(F)cccc4Cl)c4ccccc4n23)c1. The lowest BCUT2D eigenvalue weighted by molar-refractivity contribution is 0.102. The number of ether oxygens (including phenoxy) is 1. The first-order valence-electron chi connectivity index (χ1n) is 10.1. The molecule has 0 aliphatic rings. The van der Waals surface area contributed by atoms with Crippen molar-refractivity contribution >= 4 is 46.0 Å². The van der Waals surface area contributed by atoms with Crippen molar-refractivity contribution in [2.45, 2.75) is 11.7 Å². The predicted octanol–water partition coefficient (Wildman–Crippen LogP) is 5.51. The van der Waals surface area contributed by atoms with Crippen LogP contribution in [0.25, 0.3) is 16.8 Å². The standard InChI is InChI=1S/C24H18ClFN4O2S/c1-32-16-7-4-6-15(12-16)22(31)14-33-24-28-27-23-29(13-17-18(25)8-5-9-19(17)26)20-10-2-3-11-21(20)30(23)24/h2-12H,13-14H2,1H3. The van der Waals surface area contributed by atoms with Gasteiger partial charge in [-0.3, -0.25) is 9.20 Å². The summed E-state index contributed by atoms with van der Waals surface area (Å²) in [6.45, 7) is 0.202. The molecule has 0 amide bonds. The van der Waals surface area contributed by atoms with Crippen LogP contribution in [-0.4, -0.2) is 37.8 Å². The molecule has 166 valence electrons. The lowest BCUT2D eigenvalue weighted by Gasteiger charge is -2.08. The second kappa shape index (κ2) is 8.88. The van der Waals surface area contributed by atoms with Gasteiger partial charge in [0.25, 0.3) is 0 Å². The molecule has 0 N–H and O–H groups in total. The van der Waals surface area contributed by atoms with Gasteiger partial charge < -0.3 is 9.30 Å². The number of hydrogen-bond donors (Lipinski definition) is 0. The minimum absolute atomic E-state index is 0.0440. The Hall–Kier alpha value is -3.36. The quantitative estimate of drug-likeness (QED) is 0.227. The maximum absolute atomic E-state index is 14.5. The molecule has 33 heavy (non-hydrogen) atoms. The minimum atomic E-state index is -0.378. The maximum Gasteiger partial charge on any atom is 0.237 e. The summed E-state index contributed by atoms with van der Waals surface area (Å²) < 4.78 is 23.4. The van der Waals surface area contributed by atoms with Gasteiger partial charge in [-0.05, 0) is 36.4 Å². The fraction of sp³-hybridized carbons (Fsp3) is 0.125. The van der Waals surface area contributed by atoms with E-state index in [0.29, 0.717) is 32.8 Å². The number of ketones is 1. The predicted molar refractivity (Wildman–Crippen MR) is 127 cm³/mol. The Labute approximate surface area is 197 Å². The summed E-state index contributed by atoms with van der Waals surface area (Å²) in [5.41, 5.74) is 2.68. The van der Waals surface area contributed by atoms with Crippen LogP contribution in [0.3, 0.4) is 0 Å². The number of fused-ring (bicyclic) bond motifs is 3. The first-order chi connectivity index (χ1) is 16.1. The summed E-state index contributed by atoms with van der Waals surface area (Å²) in [6.07, 6.45) is 0. The summed E-state index contributed by atoms with van der Waals surface area (Å²) in [4.78, 5) is 12.7. The van der Waals surface area contributed by atoms with Crippen molar-refractivity contribution in [3.05, 3.63) is 88.7 Å². The Bertz CT molecular complexity index is 1480. The van der Waals surface area contributed by atoms with Gasteiger partial charge in [-0.2, -0.15) is 0 Å². The Balaban J connectivity index is 1.50. The molecule has 0 radical (unpaired) electrons. The van der Waals surface area contributed by atoms with E-state index < -0.39 is 0 Å². The molecule has 6 nitrogen and oxygen atoms in total. The highest BCUT2D eigenvalue weighted by Crippen LogP contribution is 2.29. The highest BCUT2D eigenvalue weighted by atomic mass is 35.5. The molecule has 0 spiro atoms. The van der Waals surface area contributed by atoms with Gasteiger partial charge in [0.15, 0.2) is 10.9 Å². The van der Waals surface area contributed by atoms with E-state index in [1.807, 2.05) is 33.2 Å². The molecule has 5 rings (SSSR count). The molecule has 0 atom stereocenters. The molecule has 0 saturated carbocycles. The second-order valence-electron chi connectivity index (χ2n) is 7.34. The van der Waals surface area contributed by atoms with E-state index in [4.69, 9.17) is 16.3 Å². The van der Waals surface area contributed by atoms with Crippen LogP contribution in [0.1, 0.15) is 15.9 Å². The number of imidazole rings is 1. The fourth-order valence-corrected chi connectivity index (χ4v) is 4.80. The molecule has 0 saturated heterocycles. The van der Waals surface area contributed by atoms with Gasteiger partial charge >= 0.3 is 0 Å². The molecule has 2 aromatic heterocycles. The molecule has 0 fully saturated rings. The normalized spacial score (nSPS) is 11.4. The number of rotatable bonds is 7. The zero-order valence-electron chi connectivity index (χ0n) is 17.5. The van der Waals surface area contributed by atoms with Gasteiger partial charge in [0.1, 0.15) is 11.6 Å². The van der Waals surface area contributed by atoms with Crippen molar-refractivity contribution in [3.63, 3.8) is 0 Å². The van der Waals surface area contributed by atoms with Crippen LogP contribution in [-0.2, 0) is 6.54 Å². The number of thioether (sulfide) groups is 1. The molecule has 0 bridgehead atoms. The van der Waals surface area contributed by atoms with E-state index >= 15 is 0 Å². The highest BCUT2D eigenvalue weighted by Gasteiger charge is 2.20. The maximum atomic E-state index is 14.5. The van der Waals surface area contributed by atoms with Crippen molar-refractivity contribution < 1.29 is 13.9 Å².